The van der Waals surface area contributed by atoms with Crippen LogP contribution in [0.25, 0.3) is 21.6 Å². The number of hydrogen-bond donors (Lipinski definition) is 3. The molecular weight excluding hydrogens is 282 g/mol. The van der Waals surface area contributed by atoms with E-state index in [-0.39, 0.29) is 6.04 Å². The Labute approximate surface area is 126 Å². The Morgan fingerprint density at radius 3 is 3.10 bits per heavy atom. The lowest BCUT2D eigenvalue weighted by molar-refractivity contribution is 0.203. The molecule has 4 nitrogen and oxygen atoms in total. The van der Waals surface area contributed by atoms with E-state index in [0.29, 0.717) is 0 Å². The molecule has 1 aliphatic rings. The maximum Gasteiger partial charge on any atom is 0.139 e. The first kappa shape index (κ1) is 13.0. The van der Waals surface area contributed by atoms with Crippen LogP contribution in [0.2, 0.25) is 0 Å². The zero-order valence-corrected chi connectivity index (χ0v) is 12.6. The number of aliphatic hydroxyl groups is 1. The Morgan fingerprint density at radius 1 is 1.48 bits per heavy atom. The average Bonchev–Trinajstić information content (AvgIpc) is 3.14. The minimum absolute atomic E-state index is 0.171. The number of fused-ring (bicyclic) bond motifs is 3. The van der Waals surface area contributed by atoms with Gasteiger partial charge in [0.2, 0.25) is 0 Å². The van der Waals surface area contributed by atoms with Crippen LogP contribution in [0.4, 0.5) is 0 Å². The number of thiazole rings is 1. The van der Waals surface area contributed by atoms with Gasteiger partial charge in [-0.25, -0.2) is 4.98 Å². The molecule has 0 saturated heterocycles. The van der Waals surface area contributed by atoms with Gasteiger partial charge in [-0.1, -0.05) is 6.07 Å². The number of H-pyrrole nitrogens is 1. The Balaban J connectivity index is 1.84. The first-order chi connectivity index (χ1) is 10.1. The van der Waals surface area contributed by atoms with Crippen LogP contribution in [0.3, 0.4) is 0 Å². The number of aromatic nitrogens is 2. The Hall–Kier alpha value is -1.69. The molecule has 0 aliphatic heterocycles. The molecule has 0 fully saturated rings. The van der Waals surface area contributed by atoms with Crippen molar-refractivity contribution in [3.05, 3.63) is 40.4 Å². The van der Waals surface area contributed by atoms with Crippen molar-refractivity contribution in [2.45, 2.75) is 31.9 Å². The largest absolute Gasteiger partial charge is 0.388 e. The second-order valence-electron chi connectivity index (χ2n) is 5.67. The molecule has 0 bridgehead atoms. The molecule has 21 heavy (non-hydrogen) atoms. The number of nitrogens with one attached hydrogen (secondary N) is 1. The van der Waals surface area contributed by atoms with Crippen LogP contribution in [0, 0.1) is 0 Å². The van der Waals surface area contributed by atoms with Gasteiger partial charge in [0.05, 0.1) is 16.7 Å². The van der Waals surface area contributed by atoms with Gasteiger partial charge >= 0.3 is 0 Å². The van der Waals surface area contributed by atoms with Crippen molar-refractivity contribution >= 4 is 22.2 Å². The fourth-order valence-corrected chi connectivity index (χ4v) is 3.91. The fraction of sp³-hybridized carbons (Fsp3) is 0.312. The van der Waals surface area contributed by atoms with Crippen LogP contribution >= 0.6 is 11.3 Å². The molecule has 0 radical (unpaired) electrons. The predicted octanol–water partition coefficient (Wildman–Crippen LogP) is 3.29. The summed E-state index contributed by atoms with van der Waals surface area (Å²) >= 11 is 1.53. The Morgan fingerprint density at radius 2 is 2.33 bits per heavy atom. The first-order valence-corrected chi connectivity index (χ1v) is 7.99. The summed E-state index contributed by atoms with van der Waals surface area (Å²) in [6, 6.07) is 6.58. The van der Waals surface area contributed by atoms with E-state index in [2.05, 4.69) is 28.2 Å². The van der Waals surface area contributed by atoms with E-state index in [1.54, 1.807) is 13.1 Å². The first-order valence-electron chi connectivity index (χ1n) is 7.17. The summed E-state index contributed by atoms with van der Waals surface area (Å²) in [5, 5.41) is 11.8. The van der Waals surface area contributed by atoms with Crippen molar-refractivity contribution < 1.29 is 5.11 Å². The number of aryl methyl sites for hydroxylation is 1. The van der Waals surface area contributed by atoms with E-state index in [1.807, 2.05) is 0 Å². The lowest BCUT2D eigenvalue weighted by Crippen LogP contribution is -2.04. The van der Waals surface area contributed by atoms with Gasteiger partial charge in [-0.2, -0.15) is 0 Å². The van der Waals surface area contributed by atoms with Crippen LogP contribution in [0.1, 0.15) is 41.5 Å². The van der Waals surface area contributed by atoms with Gasteiger partial charge in [0.15, 0.2) is 0 Å². The van der Waals surface area contributed by atoms with Crippen LogP contribution in [-0.2, 0) is 6.42 Å². The molecule has 2 aromatic heterocycles. The van der Waals surface area contributed by atoms with Crippen molar-refractivity contribution in [3.8, 4) is 10.7 Å². The molecule has 2 atom stereocenters. The predicted molar refractivity (Wildman–Crippen MR) is 85.3 cm³/mol. The van der Waals surface area contributed by atoms with E-state index < -0.39 is 6.10 Å². The zero-order chi connectivity index (χ0) is 14.6. The monoisotopic (exact) mass is 299 g/mol. The molecule has 2 heterocycles. The number of hydrogen-bond acceptors (Lipinski definition) is 4. The SMILES string of the molecule is C[C@H](O)c1cnc(-c2cc3c4c(ccc3[nH]2)[C@H](N)CC4)s1. The van der Waals surface area contributed by atoms with E-state index >= 15 is 0 Å². The normalized spacial score (nSPS) is 19.1. The molecule has 3 aromatic rings. The molecule has 1 aromatic carbocycles. The second-order valence-corrected chi connectivity index (χ2v) is 6.73. The quantitative estimate of drug-likeness (QED) is 0.679. The smallest absolute Gasteiger partial charge is 0.139 e. The van der Waals surface area contributed by atoms with Crippen molar-refractivity contribution in [2.75, 3.05) is 0 Å². The summed E-state index contributed by atoms with van der Waals surface area (Å²) in [7, 11) is 0. The van der Waals surface area contributed by atoms with E-state index in [9.17, 15) is 5.11 Å². The van der Waals surface area contributed by atoms with Crippen molar-refractivity contribution in [2.24, 2.45) is 5.73 Å². The summed E-state index contributed by atoms with van der Waals surface area (Å²) in [6.45, 7) is 1.76. The molecule has 0 unspecified atom stereocenters. The summed E-state index contributed by atoms with van der Waals surface area (Å²) < 4.78 is 0. The van der Waals surface area contributed by atoms with E-state index in [0.717, 1.165) is 33.9 Å². The molecule has 108 valence electrons. The number of aromatic amines is 1. The molecule has 1 aliphatic carbocycles. The highest BCUT2D eigenvalue weighted by Crippen LogP contribution is 2.37. The number of rotatable bonds is 2. The fourth-order valence-electron chi connectivity index (χ4n) is 3.08. The second kappa shape index (κ2) is 4.66. The van der Waals surface area contributed by atoms with Crippen LogP contribution in [-0.4, -0.2) is 15.1 Å². The third-order valence-corrected chi connectivity index (χ3v) is 5.42. The molecule has 0 spiro atoms. The summed E-state index contributed by atoms with van der Waals surface area (Å²) in [5.41, 5.74) is 10.9. The molecule has 4 rings (SSSR count). The lowest BCUT2D eigenvalue weighted by atomic mass is 10.0. The van der Waals surface area contributed by atoms with Crippen LogP contribution < -0.4 is 5.73 Å². The van der Waals surface area contributed by atoms with Gasteiger partial charge in [0.25, 0.3) is 0 Å². The van der Waals surface area contributed by atoms with Gasteiger partial charge in [0.1, 0.15) is 5.01 Å². The topological polar surface area (TPSA) is 74.9 Å². The molecular formula is C16H17N3OS. The zero-order valence-electron chi connectivity index (χ0n) is 11.8. The van der Waals surface area contributed by atoms with Gasteiger partial charge in [0, 0.05) is 23.1 Å². The van der Waals surface area contributed by atoms with Crippen molar-refractivity contribution in [1.29, 1.82) is 0 Å². The van der Waals surface area contributed by atoms with Gasteiger partial charge in [-0.15, -0.1) is 11.3 Å². The summed E-state index contributed by atoms with van der Waals surface area (Å²) in [6.07, 6.45) is 3.35. The highest BCUT2D eigenvalue weighted by molar-refractivity contribution is 7.15. The van der Waals surface area contributed by atoms with Crippen LogP contribution in [0.5, 0.6) is 0 Å². The third-order valence-electron chi connectivity index (χ3n) is 4.22. The maximum absolute atomic E-state index is 9.63. The van der Waals surface area contributed by atoms with E-state index in [1.165, 1.54) is 27.8 Å². The number of nitrogens with zero attached hydrogens (tertiary/aromatic N) is 1. The number of aliphatic hydroxyl groups excluding tert-OH is 1. The van der Waals surface area contributed by atoms with Gasteiger partial charge < -0.3 is 15.8 Å². The highest BCUT2D eigenvalue weighted by atomic mass is 32.1. The Bertz CT molecular complexity index is 818. The molecule has 5 heteroatoms. The highest BCUT2D eigenvalue weighted by Gasteiger charge is 2.22. The molecule has 0 saturated carbocycles. The summed E-state index contributed by atoms with van der Waals surface area (Å²) in [4.78, 5) is 8.73. The minimum atomic E-state index is -0.470. The van der Waals surface area contributed by atoms with Crippen molar-refractivity contribution in [3.63, 3.8) is 0 Å². The summed E-state index contributed by atoms with van der Waals surface area (Å²) in [5.74, 6) is 0. The number of benzene rings is 1. The van der Waals surface area contributed by atoms with Gasteiger partial charge in [-0.3, -0.25) is 0 Å². The third kappa shape index (κ3) is 2.00. The maximum atomic E-state index is 9.63. The van der Waals surface area contributed by atoms with Crippen molar-refractivity contribution in [1.82, 2.24) is 9.97 Å². The average molecular weight is 299 g/mol. The van der Waals surface area contributed by atoms with E-state index in [4.69, 9.17) is 5.73 Å². The lowest BCUT2D eigenvalue weighted by Gasteiger charge is -2.04. The standard InChI is InChI=1S/C16H17N3OS/c1-8(20)15-7-18-16(21-15)14-6-11-9-2-4-12(17)10(9)3-5-13(11)19-14/h3,5-8,12,19-20H,2,4,17H2,1H3/t8-,12+/m0/s1. The number of nitrogens with two attached hydrogens (primary N) is 1. The minimum Gasteiger partial charge on any atom is -0.388 e. The Kier molecular flexibility index (Phi) is 2.89. The molecule has 0 amide bonds. The molecule has 4 N–H and O–H groups in total. The van der Waals surface area contributed by atoms with Crippen LogP contribution in [0.15, 0.2) is 24.4 Å². The van der Waals surface area contributed by atoms with Gasteiger partial charge in [-0.05, 0) is 43.0 Å².